The molecule has 0 aliphatic heterocycles. The Kier molecular flexibility index (Phi) is 64.0. The first-order chi connectivity index (χ1) is 43.0. The summed E-state index contributed by atoms with van der Waals surface area (Å²) in [4.78, 5) is -0.155. The predicted octanol–water partition coefficient (Wildman–Crippen LogP) is 25.7. The van der Waals surface area contributed by atoms with Gasteiger partial charge in [-0.05, 0) is 86.1 Å². The molecule has 11 heteroatoms. The summed E-state index contributed by atoms with van der Waals surface area (Å²) in [5.74, 6) is 1.37. The van der Waals surface area contributed by atoms with E-state index in [1.54, 1.807) is 24.3 Å². The second-order valence-corrected chi connectivity index (χ2v) is 29.4. The molecule has 89 heavy (non-hydrogen) atoms. The van der Waals surface area contributed by atoms with E-state index >= 15 is 0 Å². The summed E-state index contributed by atoms with van der Waals surface area (Å²) in [6, 6.07) is 9.76. The molecule has 8 nitrogen and oxygen atoms in total. The minimum atomic E-state index is -4.48. The Morgan fingerprint density at radius 1 is 0.258 bits per heavy atom. The molecule has 0 amide bonds. The van der Waals surface area contributed by atoms with Crippen molar-refractivity contribution in [1.29, 1.82) is 0 Å². The molecular formula is C78H142O8S2Zn. The van der Waals surface area contributed by atoms with Gasteiger partial charge in [0.2, 0.25) is 0 Å². The first kappa shape index (κ1) is 87.5. The maximum atomic E-state index is 11.8. The summed E-state index contributed by atoms with van der Waals surface area (Å²) in [7, 11) is -8.95. The minimum Gasteiger partial charge on any atom is -0.744 e. The van der Waals surface area contributed by atoms with Crippen LogP contribution in [0.2, 0.25) is 0 Å². The third kappa shape index (κ3) is 56.5. The fourth-order valence-electron chi connectivity index (χ4n) is 12.5. The van der Waals surface area contributed by atoms with Crippen LogP contribution in [0.5, 0.6) is 11.5 Å². The minimum absolute atomic E-state index is 0. The van der Waals surface area contributed by atoms with Gasteiger partial charge in [0.1, 0.15) is 31.7 Å². The smallest absolute Gasteiger partial charge is 0.744 e. The average molecular weight is 1340 g/mol. The van der Waals surface area contributed by atoms with E-state index in [4.69, 9.17) is 9.47 Å². The number of hydrogen-bond donors (Lipinski definition) is 0. The van der Waals surface area contributed by atoms with Gasteiger partial charge in [-0.2, -0.15) is 0 Å². The number of rotatable bonds is 66. The molecule has 0 bridgehead atoms. The van der Waals surface area contributed by atoms with E-state index in [2.05, 4.69) is 27.7 Å². The van der Waals surface area contributed by atoms with Crippen LogP contribution in [-0.2, 0) is 52.6 Å². The van der Waals surface area contributed by atoms with E-state index < -0.39 is 20.2 Å². The van der Waals surface area contributed by atoms with Gasteiger partial charge in [0.25, 0.3) is 0 Å². The van der Waals surface area contributed by atoms with Crippen molar-refractivity contribution >= 4 is 20.2 Å². The van der Waals surface area contributed by atoms with Gasteiger partial charge < -0.3 is 18.6 Å². The van der Waals surface area contributed by atoms with Gasteiger partial charge >= 0.3 is 19.5 Å². The molecule has 0 unspecified atom stereocenters. The van der Waals surface area contributed by atoms with Crippen LogP contribution in [0, 0.1) is 0 Å². The molecule has 0 fully saturated rings. The van der Waals surface area contributed by atoms with Gasteiger partial charge in [0.15, 0.2) is 0 Å². The molecule has 0 saturated carbocycles. The van der Waals surface area contributed by atoms with Crippen molar-refractivity contribution in [2.75, 3.05) is 13.2 Å². The van der Waals surface area contributed by atoms with Gasteiger partial charge in [0.05, 0.1) is 23.0 Å². The van der Waals surface area contributed by atoms with Crippen LogP contribution >= 0.6 is 0 Å². The third-order valence-corrected chi connectivity index (χ3v) is 20.1. The summed E-state index contributed by atoms with van der Waals surface area (Å²) in [5.41, 5.74) is 1.24. The number of aryl methyl sites for hydroxylation is 2. The van der Waals surface area contributed by atoms with Gasteiger partial charge in [-0.1, -0.05) is 374 Å². The van der Waals surface area contributed by atoms with Crippen LogP contribution < -0.4 is 9.47 Å². The van der Waals surface area contributed by atoms with Crippen molar-refractivity contribution in [3.05, 3.63) is 47.5 Å². The van der Waals surface area contributed by atoms with Crippen LogP contribution in [0.4, 0.5) is 0 Å². The molecule has 0 atom stereocenters. The molecule has 0 aliphatic rings. The largest absolute Gasteiger partial charge is 2.00 e. The second-order valence-electron chi connectivity index (χ2n) is 26.7. The summed E-state index contributed by atoms with van der Waals surface area (Å²) in [6.45, 7) is 10.4. The van der Waals surface area contributed by atoms with Gasteiger partial charge in [-0.25, -0.2) is 16.8 Å². The Morgan fingerprint density at radius 3 is 0.607 bits per heavy atom. The fourth-order valence-corrected chi connectivity index (χ4v) is 14.0. The van der Waals surface area contributed by atoms with Crippen molar-refractivity contribution < 1.29 is 54.9 Å². The summed E-state index contributed by atoms with van der Waals surface area (Å²) in [5, 5.41) is 0. The number of hydrogen-bond acceptors (Lipinski definition) is 8. The van der Waals surface area contributed by atoms with Crippen molar-refractivity contribution in [2.45, 2.75) is 423 Å². The van der Waals surface area contributed by atoms with E-state index in [1.807, 2.05) is 0 Å². The standard InChI is InChI=1S/2C39H72O4S.Zn/c2*1-3-5-7-9-11-13-15-17-18-19-21-23-25-27-29-31-35-43-38-33-34-39(44(40,41)42)37(36-38)32-30-28-26-24-22-20-16-14-12-10-8-6-4-2;/h2*33-34,36H,3-32,35H2,1-2H3,(H,40,41,42);/q;;+2/p-2. The normalized spacial score (nSPS) is 11.7. The Bertz CT molecular complexity index is 1890. The predicted molar refractivity (Wildman–Crippen MR) is 378 cm³/mol. The van der Waals surface area contributed by atoms with Gasteiger partial charge in [-0.15, -0.1) is 0 Å². The first-order valence-electron chi connectivity index (χ1n) is 38.4. The zero-order valence-corrected chi connectivity index (χ0v) is 63.7. The first-order valence-corrected chi connectivity index (χ1v) is 41.2. The Morgan fingerprint density at radius 2 is 0.427 bits per heavy atom. The van der Waals surface area contributed by atoms with E-state index in [-0.39, 0.29) is 29.3 Å². The van der Waals surface area contributed by atoms with E-state index in [1.165, 1.54) is 333 Å². The molecule has 2 aromatic carbocycles. The van der Waals surface area contributed by atoms with E-state index in [0.717, 1.165) is 51.4 Å². The molecule has 0 heterocycles. The molecule has 516 valence electrons. The van der Waals surface area contributed by atoms with Crippen LogP contribution in [0.1, 0.15) is 411 Å². The number of benzene rings is 2. The molecule has 2 rings (SSSR count). The van der Waals surface area contributed by atoms with Gasteiger partial charge in [0, 0.05) is 0 Å². The Balaban J connectivity index is 0.00000172. The van der Waals surface area contributed by atoms with Crippen LogP contribution in [0.25, 0.3) is 0 Å². The van der Waals surface area contributed by atoms with E-state index in [0.29, 0.717) is 48.7 Å². The Hall–Kier alpha value is -1.52. The molecule has 0 aliphatic carbocycles. The summed E-state index contributed by atoms with van der Waals surface area (Å²) in [6.07, 6.45) is 77.3. The van der Waals surface area contributed by atoms with Crippen LogP contribution in [0.15, 0.2) is 46.2 Å². The topological polar surface area (TPSA) is 133 Å². The zero-order valence-electron chi connectivity index (χ0n) is 59.1. The Labute approximate surface area is 566 Å². The van der Waals surface area contributed by atoms with Crippen molar-refractivity contribution in [3.8, 4) is 11.5 Å². The van der Waals surface area contributed by atoms with E-state index in [9.17, 15) is 25.9 Å². The zero-order chi connectivity index (χ0) is 64.0. The third-order valence-electron chi connectivity index (χ3n) is 18.2. The fraction of sp³-hybridized carbons (Fsp3) is 0.846. The quantitative estimate of drug-likeness (QED) is 0.0363. The molecule has 2 aromatic rings. The molecule has 0 spiro atoms. The van der Waals surface area contributed by atoms with Crippen LogP contribution in [0.3, 0.4) is 0 Å². The number of ether oxygens (including phenoxy) is 2. The SMILES string of the molecule is CCCCCCCCCCCCCCCCCCOc1ccc(S(=O)(=O)[O-])c(CCCCCCCCCCCCCCC)c1.CCCCCCCCCCCCCCCCCCOc1ccc(S(=O)(=O)[O-])c(CCCCCCCCCCCCCCC)c1.[Zn+2]. The maximum absolute atomic E-state index is 11.8. The summed E-state index contributed by atoms with van der Waals surface area (Å²) >= 11 is 0. The number of unbranched alkanes of at least 4 members (excludes halogenated alkanes) is 54. The maximum Gasteiger partial charge on any atom is 2.00 e. The molecule has 0 saturated heterocycles. The second kappa shape index (κ2) is 65.2. The average Bonchev–Trinajstić information content (AvgIpc) is 3.71. The van der Waals surface area contributed by atoms with Crippen molar-refractivity contribution in [2.24, 2.45) is 0 Å². The molecule has 0 radical (unpaired) electrons. The van der Waals surface area contributed by atoms with Crippen LogP contribution in [-0.4, -0.2) is 39.2 Å². The molecule has 0 N–H and O–H groups in total. The summed E-state index contributed by atoms with van der Waals surface area (Å²) < 4.78 is 82.9. The molecular weight excluding hydrogens is 1190 g/mol. The van der Waals surface area contributed by atoms with Crippen molar-refractivity contribution in [3.63, 3.8) is 0 Å². The molecule has 0 aromatic heterocycles. The van der Waals surface area contributed by atoms with Gasteiger partial charge in [-0.3, -0.25) is 0 Å². The monoisotopic (exact) mass is 1330 g/mol. The van der Waals surface area contributed by atoms with Crippen molar-refractivity contribution in [1.82, 2.24) is 0 Å².